The van der Waals surface area contributed by atoms with E-state index < -0.39 is 0 Å². The van der Waals surface area contributed by atoms with E-state index in [-0.39, 0.29) is 5.91 Å². The van der Waals surface area contributed by atoms with Crippen molar-refractivity contribution in [1.29, 1.82) is 0 Å². The SMILES string of the molecule is Nc1ccccc1NC(=O)CCN1CCN(C2CC2)CC1. The molecule has 0 radical (unpaired) electrons. The number of hydrogen-bond donors (Lipinski definition) is 2. The summed E-state index contributed by atoms with van der Waals surface area (Å²) in [4.78, 5) is 17.0. The van der Waals surface area contributed by atoms with E-state index in [1.54, 1.807) is 6.07 Å². The number of carbonyl (C=O) groups is 1. The molecule has 0 atom stereocenters. The largest absolute Gasteiger partial charge is 0.397 e. The fourth-order valence-electron chi connectivity index (χ4n) is 2.87. The third-order valence-corrected chi connectivity index (χ3v) is 4.36. The minimum atomic E-state index is 0.0394. The molecule has 3 N–H and O–H groups in total. The van der Waals surface area contributed by atoms with Gasteiger partial charge in [-0.3, -0.25) is 9.69 Å². The molecule has 5 nitrogen and oxygen atoms in total. The van der Waals surface area contributed by atoms with Crippen LogP contribution in [-0.2, 0) is 4.79 Å². The van der Waals surface area contributed by atoms with Gasteiger partial charge in [0.25, 0.3) is 0 Å². The second-order valence-electron chi connectivity index (χ2n) is 5.99. The standard InChI is InChI=1S/C16H24N4O/c17-14-3-1-2-4-15(14)18-16(21)7-8-19-9-11-20(12-10-19)13-5-6-13/h1-4,13H,5-12,17H2,(H,18,21). The predicted octanol–water partition coefficient (Wildman–Crippen LogP) is 1.38. The molecular formula is C16H24N4O. The zero-order valence-corrected chi connectivity index (χ0v) is 12.4. The lowest BCUT2D eigenvalue weighted by molar-refractivity contribution is -0.116. The van der Waals surface area contributed by atoms with Gasteiger partial charge in [-0.05, 0) is 25.0 Å². The second kappa shape index (κ2) is 6.45. The van der Waals surface area contributed by atoms with Gasteiger partial charge in [-0.25, -0.2) is 0 Å². The van der Waals surface area contributed by atoms with Gasteiger partial charge < -0.3 is 16.0 Å². The van der Waals surface area contributed by atoms with Crippen molar-refractivity contribution in [2.45, 2.75) is 25.3 Å². The first-order valence-electron chi connectivity index (χ1n) is 7.83. The number of rotatable bonds is 5. The van der Waals surface area contributed by atoms with Gasteiger partial charge in [0, 0.05) is 45.2 Å². The molecule has 1 aliphatic heterocycles. The van der Waals surface area contributed by atoms with Gasteiger partial charge in [0.05, 0.1) is 11.4 Å². The first kappa shape index (κ1) is 14.4. The Morgan fingerprint density at radius 2 is 1.90 bits per heavy atom. The van der Waals surface area contributed by atoms with Gasteiger partial charge in [-0.2, -0.15) is 0 Å². The average Bonchev–Trinajstić information content (AvgIpc) is 3.33. The quantitative estimate of drug-likeness (QED) is 0.804. The fourth-order valence-corrected chi connectivity index (χ4v) is 2.87. The van der Waals surface area contributed by atoms with E-state index in [2.05, 4.69) is 15.1 Å². The van der Waals surface area contributed by atoms with Crippen molar-refractivity contribution in [3.05, 3.63) is 24.3 Å². The number of anilines is 2. The maximum atomic E-state index is 12.0. The summed E-state index contributed by atoms with van der Waals surface area (Å²) in [7, 11) is 0. The van der Waals surface area contributed by atoms with Crippen LogP contribution in [0.4, 0.5) is 11.4 Å². The number of benzene rings is 1. The predicted molar refractivity (Wildman–Crippen MR) is 85.1 cm³/mol. The van der Waals surface area contributed by atoms with E-state index >= 15 is 0 Å². The number of nitrogens with two attached hydrogens (primary N) is 1. The lowest BCUT2D eigenvalue weighted by Gasteiger charge is -2.34. The van der Waals surface area contributed by atoms with E-state index in [0.717, 1.165) is 38.8 Å². The van der Waals surface area contributed by atoms with Crippen LogP contribution in [0.2, 0.25) is 0 Å². The summed E-state index contributed by atoms with van der Waals surface area (Å²) in [6.45, 7) is 5.29. The number of carbonyl (C=O) groups excluding carboxylic acids is 1. The molecule has 1 amide bonds. The molecule has 1 heterocycles. The van der Waals surface area contributed by atoms with Gasteiger partial charge in [-0.1, -0.05) is 12.1 Å². The molecule has 0 bridgehead atoms. The smallest absolute Gasteiger partial charge is 0.225 e. The number of nitrogen functional groups attached to an aromatic ring is 1. The van der Waals surface area contributed by atoms with Crippen LogP contribution in [-0.4, -0.2) is 54.5 Å². The van der Waals surface area contributed by atoms with Gasteiger partial charge in [0.1, 0.15) is 0 Å². The molecule has 2 fully saturated rings. The molecular weight excluding hydrogens is 264 g/mol. The summed E-state index contributed by atoms with van der Waals surface area (Å²) in [6.07, 6.45) is 3.28. The fraction of sp³-hybridized carbons (Fsp3) is 0.562. The maximum Gasteiger partial charge on any atom is 0.225 e. The van der Waals surface area contributed by atoms with Crippen LogP contribution in [0.15, 0.2) is 24.3 Å². The molecule has 114 valence electrons. The topological polar surface area (TPSA) is 61.6 Å². The molecule has 1 aromatic rings. The molecule has 0 aromatic heterocycles. The van der Waals surface area contributed by atoms with Crippen molar-refractivity contribution in [3.8, 4) is 0 Å². The van der Waals surface area contributed by atoms with Crippen LogP contribution in [0.1, 0.15) is 19.3 Å². The van der Waals surface area contributed by atoms with E-state index in [1.807, 2.05) is 18.2 Å². The molecule has 2 aliphatic rings. The van der Waals surface area contributed by atoms with Crippen molar-refractivity contribution >= 4 is 17.3 Å². The summed E-state index contributed by atoms with van der Waals surface area (Å²) < 4.78 is 0. The van der Waals surface area contributed by atoms with Crippen LogP contribution < -0.4 is 11.1 Å². The van der Waals surface area contributed by atoms with Crippen LogP contribution in [0.5, 0.6) is 0 Å². The van der Waals surface area contributed by atoms with Crippen LogP contribution in [0.3, 0.4) is 0 Å². The van der Waals surface area contributed by atoms with Crippen LogP contribution in [0, 0.1) is 0 Å². The summed E-state index contributed by atoms with van der Waals surface area (Å²) in [5.74, 6) is 0.0394. The van der Waals surface area contributed by atoms with Crippen LogP contribution >= 0.6 is 0 Å². The highest BCUT2D eigenvalue weighted by Crippen LogP contribution is 2.27. The van der Waals surface area contributed by atoms with Crippen molar-refractivity contribution in [3.63, 3.8) is 0 Å². The van der Waals surface area contributed by atoms with Crippen molar-refractivity contribution < 1.29 is 4.79 Å². The van der Waals surface area contributed by atoms with Gasteiger partial charge in [0.15, 0.2) is 0 Å². The minimum absolute atomic E-state index is 0.0394. The highest BCUT2D eigenvalue weighted by molar-refractivity contribution is 5.93. The maximum absolute atomic E-state index is 12.0. The Kier molecular flexibility index (Phi) is 4.41. The number of para-hydroxylation sites is 2. The Morgan fingerprint density at radius 3 is 2.57 bits per heavy atom. The van der Waals surface area contributed by atoms with E-state index in [9.17, 15) is 4.79 Å². The highest BCUT2D eigenvalue weighted by atomic mass is 16.1. The van der Waals surface area contributed by atoms with E-state index in [1.165, 1.54) is 12.8 Å². The number of hydrogen-bond acceptors (Lipinski definition) is 4. The molecule has 5 heteroatoms. The van der Waals surface area contributed by atoms with Gasteiger partial charge in [0.2, 0.25) is 5.91 Å². The Labute approximate surface area is 126 Å². The molecule has 0 spiro atoms. The second-order valence-corrected chi connectivity index (χ2v) is 5.99. The molecule has 1 aliphatic carbocycles. The Morgan fingerprint density at radius 1 is 1.19 bits per heavy atom. The number of amides is 1. The number of piperazine rings is 1. The minimum Gasteiger partial charge on any atom is -0.397 e. The third-order valence-electron chi connectivity index (χ3n) is 4.36. The Bertz CT molecular complexity index is 493. The highest BCUT2D eigenvalue weighted by Gasteiger charge is 2.31. The molecule has 1 aromatic carbocycles. The monoisotopic (exact) mass is 288 g/mol. The van der Waals surface area contributed by atoms with Crippen molar-refractivity contribution in [1.82, 2.24) is 9.80 Å². The molecule has 1 saturated heterocycles. The zero-order chi connectivity index (χ0) is 14.7. The molecule has 3 rings (SSSR count). The summed E-state index contributed by atoms with van der Waals surface area (Å²) in [5.41, 5.74) is 7.15. The van der Waals surface area contributed by atoms with Gasteiger partial charge in [-0.15, -0.1) is 0 Å². The van der Waals surface area contributed by atoms with Gasteiger partial charge >= 0.3 is 0 Å². The molecule has 21 heavy (non-hydrogen) atoms. The lowest BCUT2D eigenvalue weighted by atomic mass is 10.2. The lowest BCUT2D eigenvalue weighted by Crippen LogP contribution is -2.47. The first-order valence-corrected chi connectivity index (χ1v) is 7.83. The summed E-state index contributed by atoms with van der Waals surface area (Å²) >= 11 is 0. The zero-order valence-electron chi connectivity index (χ0n) is 12.4. The van der Waals surface area contributed by atoms with E-state index in [4.69, 9.17) is 5.73 Å². The van der Waals surface area contributed by atoms with Crippen molar-refractivity contribution in [2.24, 2.45) is 0 Å². The molecule has 1 saturated carbocycles. The third kappa shape index (κ3) is 3.95. The Hall–Kier alpha value is -1.59. The Balaban J connectivity index is 1.39. The van der Waals surface area contributed by atoms with E-state index in [0.29, 0.717) is 17.8 Å². The van der Waals surface area contributed by atoms with Crippen LogP contribution in [0.25, 0.3) is 0 Å². The normalized spacial score (nSPS) is 20.4. The van der Waals surface area contributed by atoms with Crippen molar-refractivity contribution in [2.75, 3.05) is 43.8 Å². The molecule has 0 unspecified atom stereocenters. The number of nitrogens with zero attached hydrogens (tertiary/aromatic N) is 2. The summed E-state index contributed by atoms with van der Waals surface area (Å²) in [5, 5.41) is 2.89. The summed E-state index contributed by atoms with van der Waals surface area (Å²) in [6, 6.07) is 8.23. The number of nitrogens with one attached hydrogen (secondary N) is 1. The first-order chi connectivity index (χ1) is 10.2. The average molecular weight is 288 g/mol.